The van der Waals surface area contributed by atoms with Crippen LogP contribution >= 0.6 is 0 Å². The summed E-state index contributed by atoms with van der Waals surface area (Å²) in [6.07, 6.45) is 0. The SMILES string of the molecule is CCN1CCN(c2ccc(N)cc2N)CC1. The molecule has 16 heavy (non-hydrogen) atoms. The first kappa shape index (κ1) is 11.1. The number of rotatable bonds is 2. The third-order valence-corrected chi connectivity index (χ3v) is 3.21. The van der Waals surface area contributed by atoms with Gasteiger partial charge in [-0.3, -0.25) is 0 Å². The summed E-state index contributed by atoms with van der Waals surface area (Å²) >= 11 is 0. The van der Waals surface area contributed by atoms with E-state index in [-0.39, 0.29) is 0 Å². The Labute approximate surface area is 96.8 Å². The fourth-order valence-corrected chi connectivity index (χ4v) is 2.17. The first-order valence-corrected chi connectivity index (χ1v) is 5.83. The predicted molar refractivity (Wildman–Crippen MR) is 69.6 cm³/mol. The Kier molecular flexibility index (Phi) is 3.19. The van der Waals surface area contributed by atoms with Gasteiger partial charge in [-0.25, -0.2) is 0 Å². The summed E-state index contributed by atoms with van der Waals surface area (Å²) in [6.45, 7) is 7.64. The maximum Gasteiger partial charge on any atom is 0.0602 e. The molecule has 0 aromatic heterocycles. The summed E-state index contributed by atoms with van der Waals surface area (Å²) in [5.74, 6) is 0. The maximum absolute atomic E-state index is 5.98. The van der Waals surface area contributed by atoms with Crippen molar-refractivity contribution in [3.63, 3.8) is 0 Å². The second-order valence-electron chi connectivity index (χ2n) is 4.24. The smallest absolute Gasteiger partial charge is 0.0602 e. The molecule has 0 radical (unpaired) electrons. The van der Waals surface area contributed by atoms with Gasteiger partial charge < -0.3 is 21.3 Å². The van der Waals surface area contributed by atoms with Crippen molar-refractivity contribution in [3.05, 3.63) is 18.2 Å². The highest BCUT2D eigenvalue weighted by atomic mass is 15.3. The topological polar surface area (TPSA) is 58.5 Å². The minimum absolute atomic E-state index is 0.730. The Hall–Kier alpha value is -1.42. The van der Waals surface area contributed by atoms with Crippen molar-refractivity contribution < 1.29 is 0 Å². The number of nitrogens with two attached hydrogens (primary N) is 2. The zero-order valence-electron chi connectivity index (χ0n) is 9.82. The number of hydrogen-bond acceptors (Lipinski definition) is 4. The highest BCUT2D eigenvalue weighted by molar-refractivity contribution is 5.72. The van der Waals surface area contributed by atoms with Crippen LogP contribution in [-0.4, -0.2) is 37.6 Å². The Morgan fingerprint density at radius 2 is 1.81 bits per heavy atom. The van der Waals surface area contributed by atoms with Crippen molar-refractivity contribution in [1.29, 1.82) is 0 Å². The molecule has 4 nitrogen and oxygen atoms in total. The summed E-state index contributed by atoms with van der Waals surface area (Å²) in [4.78, 5) is 4.78. The lowest BCUT2D eigenvalue weighted by Gasteiger charge is -2.36. The van der Waals surface area contributed by atoms with Crippen LogP contribution in [0.4, 0.5) is 17.1 Å². The van der Waals surface area contributed by atoms with E-state index >= 15 is 0 Å². The van der Waals surface area contributed by atoms with E-state index in [1.54, 1.807) is 0 Å². The maximum atomic E-state index is 5.98. The molecule has 1 fully saturated rings. The Morgan fingerprint density at radius 1 is 1.12 bits per heavy atom. The van der Waals surface area contributed by atoms with E-state index in [0.717, 1.165) is 49.8 Å². The largest absolute Gasteiger partial charge is 0.399 e. The molecule has 1 aliphatic rings. The third kappa shape index (κ3) is 2.22. The zero-order chi connectivity index (χ0) is 11.5. The first-order valence-electron chi connectivity index (χ1n) is 5.83. The van der Waals surface area contributed by atoms with Crippen LogP contribution in [0.1, 0.15) is 6.92 Å². The third-order valence-electron chi connectivity index (χ3n) is 3.21. The number of nitrogen functional groups attached to an aromatic ring is 2. The lowest BCUT2D eigenvalue weighted by Crippen LogP contribution is -2.46. The van der Waals surface area contributed by atoms with E-state index in [4.69, 9.17) is 11.5 Å². The highest BCUT2D eigenvalue weighted by Crippen LogP contribution is 2.26. The molecule has 88 valence electrons. The normalized spacial score (nSPS) is 17.7. The molecular formula is C12H20N4. The Morgan fingerprint density at radius 3 is 2.38 bits per heavy atom. The average molecular weight is 220 g/mol. The minimum Gasteiger partial charge on any atom is -0.399 e. The highest BCUT2D eigenvalue weighted by Gasteiger charge is 2.17. The van der Waals surface area contributed by atoms with E-state index in [1.807, 2.05) is 18.2 Å². The van der Waals surface area contributed by atoms with Crippen molar-refractivity contribution in [2.45, 2.75) is 6.92 Å². The van der Waals surface area contributed by atoms with Gasteiger partial charge in [0, 0.05) is 31.9 Å². The minimum atomic E-state index is 0.730. The molecule has 1 aromatic carbocycles. The molecule has 0 unspecified atom stereocenters. The van der Waals surface area contributed by atoms with E-state index in [0.29, 0.717) is 0 Å². The van der Waals surface area contributed by atoms with Gasteiger partial charge in [-0.05, 0) is 24.7 Å². The van der Waals surface area contributed by atoms with Gasteiger partial charge in [-0.15, -0.1) is 0 Å². The molecule has 0 bridgehead atoms. The number of nitrogens with zero attached hydrogens (tertiary/aromatic N) is 2. The zero-order valence-corrected chi connectivity index (χ0v) is 9.82. The molecule has 2 rings (SSSR count). The molecule has 1 aliphatic heterocycles. The summed E-state index contributed by atoms with van der Waals surface area (Å²) in [5.41, 5.74) is 14.3. The molecule has 4 N–H and O–H groups in total. The van der Waals surface area contributed by atoms with E-state index in [2.05, 4.69) is 16.7 Å². The van der Waals surface area contributed by atoms with E-state index in [9.17, 15) is 0 Å². The summed E-state index contributed by atoms with van der Waals surface area (Å²) in [5, 5.41) is 0. The summed E-state index contributed by atoms with van der Waals surface area (Å²) in [7, 11) is 0. The molecule has 1 saturated heterocycles. The van der Waals surface area contributed by atoms with Crippen LogP contribution in [0, 0.1) is 0 Å². The molecule has 0 atom stereocenters. The van der Waals surface area contributed by atoms with E-state index in [1.165, 1.54) is 0 Å². The molecule has 1 aromatic rings. The van der Waals surface area contributed by atoms with Crippen LogP contribution in [0.2, 0.25) is 0 Å². The number of piperazine rings is 1. The van der Waals surface area contributed by atoms with Crippen molar-refractivity contribution in [2.24, 2.45) is 0 Å². The lowest BCUT2D eigenvalue weighted by atomic mass is 10.2. The van der Waals surface area contributed by atoms with Gasteiger partial charge in [0.05, 0.1) is 11.4 Å². The molecule has 0 aliphatic carbocycles. The van der Waals surface area contributed by atoms with Gasteiger partial charge in [0.15, 0.2) is 0 Å². The molecule has 1 heterocycles. The number of anilines is 3. The Bertz CT molecular complexity index is 356. The van der Waals surface area contributed by atoms with E-state index < -0.39 is 0 Å². The molecule has 4 heteroatoms. The van der Waals surface area contributed by atoms with Gasteiger partial charge in [0.25, 0.3) is 0 Å². The average Bonchev–Trinajstić information content (AvgIpc) is 2.29. The Balaban J connectivity index is 2.08. The second kappa shape index (κ2) is 4.61. The van der Waals surface area contributed by atoms with Crippen molar-refractivity contribution in [1.82, 2.24) is 4.90 Å². The monoisotopic (exact) mass is 220 g/mol. The van der Waals surface area contributed by atoms with Crippen LogP contribution < -0.4 is 16.4 Å². The van der Waals surface area contributed by atoms with Gasteiger partial charge in [0.1, 0.15) is 0 Å². The van der Waals surface area contributed by atoms with Gasteiger partial charge in [0.2, 0.25) is 0 Å². The van der Waals surface area contributed by atoms with Crippen LogP contribution in [0.15, 0.2) is 18.2 Å². The van der Waals surface area contributed by atoms with Crippen LogP contribution in [0.3, 0.4) is 0 Å². The van der Waals surface area contributed by atoms with Crippen LogP contribution in [0.25, 0.3) is 0 Å². The number of benzene rings is 1. The molecule has 0 saturated carbocycles. The van der Waals surface area contributed by atoms with Crippen molar-refractivity contribution in [2.75, 3.05) is 49.1 Å². The lowest BCUT2D eigenvalue weighted by molar-refractivity contribution is 0.271. The molecular weight excluding hydrogens is 200 g/mol. The fraction of sp³-hybridized carbons (Fsp3) is 0.500. The van der Waals surface area contributed by atoms with Gasteiger partial charge in [-0.2, -0.15) is 0 Å². The van der Waals surface area contributed by atoms with Gasteiger partial charge in [-0.1, -0.05) is 6.92 Å². The standard InChI is InChI=1S/C12H20N4/c1-2-15-5-7-16(8-6-15)12-4-3-10(13)9-11(12)14/h3-4,9H,2,5-8,13-14H2,1H3. The fourth-order valence-electron chi connectivity index (χ4n) is 2.17. The second-order valence-corrected chi connectivity index (χ2v) is 4.24. The summed E-state index contributed by atoms with van der Waals surface area (Å²) in [6, 6.07) is 5.77. The van der Waals surface area contributed by atoms with Crippen LogP contribution in [0.5, 0.6) is 0 Å². The first-order chi connectivity index (χ1) is 7.70. The van der Waals surface area contributed by atoms with Crippen LogP contribution in [-0.2, 0) is 0 Å². The quantitative estimate of drug-likeness (QED) is 0.730. The number of likely N-dealkylation sites (N-methyl/N-ethyl adjacent to an activating group) is 1. The van der Waals surface area contributed by atoms with Gasteiger partial charge >= 0.3 is 0 Å². The molecule has 0 amide bonds. The van der Waals surface area contributed by atoms with Crippen molar-refractivity contribution in [3.8, 4) is 0 Å². The number of hydrogen-bond donors (Lipinski definition) is 2. The summed E-state index contributed by atoms with van der Waals surface area (Å²) < 4.78 is 0. The van der Waals surface area contributed by atoms with Crippen molar-refractivity contribution >= 4 is 17.1 Å². The molecule has 0 spiro atoms. The predicted octanol–water partition coefficient (Wildman–Crippen LogP) is 0.993.